The molecule has 0 spiro atoms. The quantitative estimate of drug-likeness (QED) is 0.481. The molecule has 8 heteroatoms. The SMILES string of the molecule is Cc1noc(C)c1CC(=O)N1CCC[C@@H](COc2cccc(CN(C)Cc3cnn(C)c3)c2)C1. The Kier molecular flexibility index (Phi) is 7.67. The number of likely N-dealkylation sites (tertiary alicyclic amines) is 1. The maximum absolute atomic E-state index is 12.9. The second-order valence-corrected chi connectivity index (χ2v) is 9.48. The maximum atomic E-state index is 12.9. The van der Waals surface area contributed by atoms with E-state index in [1.807, 2.05) is 55.0 Å². The fraction of sp³-hybridized carbons (Fsp3) is 0.500. The molecule has 2 aromatic heterocycles. The summed E-state index contributed by atoms with van der Waals surface area (Å²) in [7, 11) is 4.04. The molecule has 1 aromatic carbocycles. The molecule has 8 nitrogen and oxygen atoms in total. The number of rotatable bonds is 9. The van der Waals surface area contributed by atoms with E-state index in [1.54, 1.807) is 0 Å². The zero-order chi connectivity index (χ0) is 24.1. The fourth-order valence-electron chi connectivity index (χ4n) is 4.63. The third-order valence-corrected chi connectivity index (χ3v) is 6.43. The third-order valence-electron chi connectivity index (χ3n) is 6.43. The van der Waals surface area contributed by atoms with Crippen LogP contribution in [0, 0.1) is 19.8 Å². The zero-order valence-corrected chi connectivity index (χ0v) is 20.7. The number of benzene rings is 1. The molecule has 1 saturated heterocycles. The summed E-state index contributed by atoms with van der Waals surface area (Å²) in [5.74, 6) is 2.08. The monoisotopic (exact) mass is 465 g/mol. The van der Waals surface area contributed by atoms with Crippen molar-refractivity contribution in [3.05, 3.63) is 64.8 Å². The topological polar surface area (TPSA) is 76.6 Å². The van der Waals surface area contributed by atoms with Gasteiger partial charge in [-0.15, -0.1) is 0 Å². The molecule has 34 heavy (non-hydrogen) atoms. The number of hydrogen-bond acceptors (Lipinski definition) is 6. The van der Waals surface area contributed by atoms with Gasteiger partial charge in [0.1, 0.15) is 11.5 Å². The lowest BCUT2D eigenvalue weighted by atomic mass is 9.98. The summed E-state index contributed by atoms with van der Waals surface area (Å²) in [4.78, 5) is 17.1. The molecule has 1 fully saturated rings. The molecular formula is C26H35N5O3. The van der Waals surface area contributed by atoms with Gasteiger partial charge < -0.3 is 14.2 Å². The first-order chi connectivity index (χ1) is 16.4. The lowest BCUT2D eigenvalue weighted by Gasteiger charge is -2.32. The molecule has 0 unspecified atom stereocenters. The van der Waals surface area contributed by atoms with E-state index in [2.05, 4.69) is 34.3 Å². The van der Waals surface area contributed by atoms with Gasteiger partial charge in [-0.3, -0.25) is 14.4 Å². The summed E-state index contributed by atoms with van der Waals surface area (Å²) >= 11 is 0. The van der Waals surface area contributed by atoms with Gasteiger partial charge in [0, 0.05) is 56.5 Å². The molecule has 3 heterocycles. The third kappa shape index (κ3) is 6.26. The van der Waals surface area contributed by atoms with Gasteiger partial charge in [-0.1, -0.05) is 17.3 Å². The van der Waals surface area contributed by atoms with Crippen LogP contribution >= 0.6 is 0 Å². The molecule has 4 rings (SSSR count). The van der Waals surface area contributed by atoms with Crippen LogP contribution in [0.3, 0.4) is 0 Å². The highest BCUT2D eigenvalue weighted by atomic mass is 16.5. The van der Waals surface area contributed by atoms with Crippen LogP contribution in [-0.2, 0) is 31.4 Å². The number of aromatic nitrogens is 3. The van der Waals surface area contributed by atoms with E-state index >= 15 is 0 Å². The van der Waals surface area contributed by atoms with E-state index in [-0.39, 0.29) is 5.91 Å². The first-order valence-corrected chi connectivity index (χ1v) is 11.9. The van der Waals surface area contributed by atoms with Crippen molar-refractivity contribution in [1.82, 2.24) is 24.7 Å². The second kappa shape index (κ2) is 10.9. The number of carbonyl (C=O) groups excluding carboxylic acids is 1. The largest absolute Gasteiger partial charge is 0.493 e. The van der Waals surface area contributed by atoms with Crippen LogP contribution in [0.5, 0.6) is 5.75 Å². The van der Waals surface area contributed by atoms with Crippen LogP contribution in [0.25, 0.3) is 0 Å². The minimum Gasteiger partial charge on any atom is -0.493 e. The predicted octanol–water partition coefficient (Wildman–Crippen LogP) is 3.52. The number of aryl methyl sites for hydroxylation is 3. The van der Waals surface area contributed by atoms with Gasteiger partial charge in [-0.05, 0) is 51.4 Å². The Morgan fingerprint density at radius 2 is 2.09 bits per heavy atom. The number of piperidine rings is 1. The van der Waals surface area contributed by atoms with Crippen molar-refractivity contribution < 1.29 is 14.1 Å². The number of ether oxygens (including phenoxy) is 1. The normalized spacial score (nSPS) is 16.3. The molecule has 0 aliphatic carbocycles. The van der Waals surface area contributed by atoms with Crippen LogP contribution in [-0.4, -0.2) is 57.4 Å². The minimum absolute atomic E-state index is 0.137. The Labute approximate surface area is 201 Å². The molecule has 0 radical (unpaired) electrons. The van der Waals surface area contributed by atoms with Gasteiger partial charge in [-0.2, -0.15) is 5.10 Å². The molecule has 1 aliphatic rings. The van der Waals surface area contributed by atoms with Crippen LogP contribution in [0.15, 0.2) is 41.2 Å². The average molecular weight is 466 g/mol. The number of amides is 1. The Hall–Kier alpha value is -3.13. The van der Waals surface area contributed by atoms with E-state index in [4.69, 9.17) is 9.26 Å². The summed E-state index contributed by atoms with van der Waals surface area (Å²) in [6.45, 7) is 7.58. The van der Waals surface area contributed by atoms with Crippen molar-refractivity contribution in [2.75, 3.05) is 26.7 Å². The van der Waals surface area contributed by atoms with Crippen molar-refractivity contribution in [2.24, 2.45) is 13.0 Å². The van der Waals surface area contributed by atoms with E-state index in [9.17, 15) is 4.79 Å². The van der Waals surface area contributed by atoms with Crippen LogP contribution in [0.2, 0.25) is 0 Å². The van der Waals surface area contributed by atoms with Crippen LogP contribution in [0.4, 0.5) is 0 Å². The summed E-state index contributed by atoms with van der Waals surface area (Å²) < 4.78 is 13.2. The molecule has 3 aromatic rings. The summed E-state index contributed by atoms with van der Waals surface area (Å²) in [5.41, 5.74) is 4.12. The second-order valence-electron chi connectivity index (χ2n) is 9.48. The highest BCUT2D eigenvalue weighted by molar-refractivity contribution is 5.79. The Morgan fingerprint density at radius 1 is 1.26 bits per heavy atom. The minimum atomic E-state index is 0.137. The van der Waals surface area contributed by atoms with Gasteiger partial charge in [0.25, 0.3) is 0 Å². The average Bonchev–Trinajstić information content (AvgIpc) is 3.37. The number of carbonyl (C=O) groups is 1. The van der Waals surface area contributed by atoms with Gasteiger partial charge in [-0.25, -0.2) is 0 Å². The standard InChI is InChI=1S/C26H35N5O3/c1-19-25(20(2)34-28-19)12-26(32)31-10-6-8-22(17-31)18-33-24-9-5-7-21(11-24)14-29(3)15-23-13-27-30(4)16-23/h5,7,9,11,13,16,22H,6,8,10,12,14-15,17-18H2,1-4H3/t22-/m1/s1. The highest BCUT2D eigenvalue weighted by Gasteiger charge is 2.25. The number of nitrogens with zero attached hydrogens (tertiary/aromatic N) is 5. The van der Waals surface area contributed by atoms with Gasteiger partial charge in [0.05, 0.1) is 24.9 Å². The van der Waals surface area contributed by atoms with Gasteiger partial charge in [0.15, 0.2) is 0 Å². The molecule has 1 amide bonds. The lowest BCUT2D eigenvalue weighted by molar-refractivity contribution is -0.132. The van der Waals surface area contributed by atoms with Crippen molar-refractivity contribution in [1.29, 1.82) is 0 Å². The first kappa shape index (κ1) is 24.0. The zero-order valence-electron chi connectivity index (χ0n) is 20.7. The first-order valence-electron chi connectivity index (χ1n) is 11.9. The Balaban J connectivity index is 1.27. The molecule has 1 atom stereocenters. The van der Waals surface area contributed by atoms with Crippen molar-refractivity contribution >= 4 is 5.91 Å². The van der Waals surface area contributed by atoms with E-state index in [0.29, 0.717) is 18.9 Å². The molecule has 182 valence electrons. The molecule has 1 aliphatic heterocycles. The van der Waals surface area contributed by atoms with E-state index in [0.717, 1.165) is 61.8 Å². The van der Waals surface area contributed by atoms with Gasteiger partial charge in [0.2, 0.25) is 5.91 Å². The predicted molar refractivity (Wildman–Crippen MR) is 129 cm³/mol. The Bertz CT molecular complexity index is 1090. The lowest BCUT2D eigenvalue weighted by Crippen LogP contribution is -2.42. The highest BCUT2D eigenvalue weighted by Crippen LogP contribution is 2.22. The number of hydrogen-bond donors (Lipinski definition) is 0. The molecule has 0 N–H and O–H groups in total. The van der Waals surface area contributed by atoms with E-state index in [1.165, 1.54) is 11.1 Å². The molecule has 0 bridgehead atoms. The van der Waals surface area contributed by atoms with Crippen LogP contribution in [0.1, 0.15) is 41.0 Å². The van der Waals surface area contributed by atoms with Crippen molar-refractivity contribution in [3.8, 4) is 5.75 Å². The van der Waals surface area contributed by atoms with Crippen LogP contribution < -0.4 is 4.74 Å². The maximum Gasteiger partial charge on any atom is 0.227 e. The summed E-state index contributed by atoms with van der Waals surface area (Å²) in [6.07, 6.45) is 6.37. The smallest absolute Gasteiger partial charge is 0.227 e. The Morgan fingerprint density at radius 3 is 2.82 bits per heavy atom. The fourth-order valence-corrected chi connectivity index (χ4v) is 4.63. The van der Waals surface area contributed by atoms with Gasteiger partial charge >= 0.3 is 0 Å². The summed E-state index contributed by atoms with van der Waals surface area (Å²) in [5, 5.41) is 8.21. The van der Waals surface area contributed by atoms with E-state index < -0.39 is 0 Å². The molecular weight excluding hydrogens is 430 g/mol. The molecule has 0 saturated carbocycles. The van der Waals surface area contributed by atoms with Crippen molar-refractivity contribution in [3.63, 3.8) is 0 Å². The summed E-state index contributed by atoms with van der Waals surface area (Å²) in [6, 6.07) is 8.29. The van der Waals surface area contributed by atoms with Crippen molar-refractivity contribution in [2.45, 2.75) is 46.2 Å².